The summed E-state index contributed by atoms with van der Waals surface area (Å²) >= 11 is 0. The minimum atomic E-state index is -4.04. The number of fused-ring (bicyclic) bond motifs is 1. The number of nitrogens with one attached hydrogen (secondary N) is 1. The van der Waals surface area contributed by atoms with Crippen LogP contribution in [0.5, 0.6) is 5.88 Å². The van der Waals surface area contributed by atoms with Gasteiger partial charge in [0, 0.05) is 12.3 Å². The second-order valence-electron chi connectivity index (χ2n) is 7.90. The van der Waals surface area contributed by atoms with E-state index in [9.17, 15) is 13.5 Å². The van der Waals surface area contributed by atoms with Gasteiger partial charge in [-0.2, -0.15) is 8.42 Å². The molecule has 10 heteroatoms. The zero-order chi connectivity index (χ0) is 21.3. The van der Waals surface area contributed by atoms with Crippen LogP contribution in [0.25, 0.3) is 0 Å². The van der Waals surface area contributed by atoms with Crippen molar-refractivity contribution in [1.29, 1.82) is 0 Å². The third-order valence-corrected chi connectivity index (χ3v) is 6.29. The molecule has 1 fully saturated rings. The monoisotopic (exact) mass is 434 g/mol. The van der Waals surface area contributed by atoms with Crippen molar-refractivity contribution >= 4 is 16.1 Å². The molecule has 0 radical (unpaired) electrons. The number of rotatable bonds is 7. The minimum Gasteiger partial charge on any atom is -0.474 e. The third-order valence-electron chi connectivity index (χ3n) is 5.82. The Balaban J connectivity index is 1.41. The summed E-state index contributed by atoms with van der Waals surface area (Å²) in [5, 5.41) is 18.6. The summed E-state index contributed by atoms with van der Waals surface area (Å²) in [7, 11) is -4.04. The van der Waals surface area contributed by atoms with Gasteiger partial charge < -0.3 is 15.2 Å². The van der Waals surface area contributed by atoms with E-state index in [-0.39, 0.29) is 24.7 Å². The predicted molar refractivity (Wildman–Crippen MR) is 110 cm³/mol. The van der Waals surface area contributed by atoms with Crippen molar-refractivity contribution in [2.75, 3.05) is 11.9 Å². The molecule has 2 aliphatic rings. The van der Waals surface area contributed by atoms with Gasteiger partial charge in [0.15, 0.2) is 0 Å². The van der Waals surface area contributed by atoms with E-state index in [4.69, 9.17) is 9.88 Å². The van der Waals surface area contributed by atoms with Crippen LogP contribution >= 0.6 is 0 Å². The molecule has 2 aromatic rings. The van der Waals surface area contributed by atoms with Crippen molar-refractivity contribution in [3.8, 4) is 5.88 Å². The molecule has 30 heavy (non-hydrogen) atoms. The van der Waals surface area contributed by atoms with Gasteiger partial charge in [-0.1, -0.05) is 24.3 Å². The smallest absolute Gasteiger partial charge is 0.333 e. The molecule has 1 heterocycles. The Morgan fingerprint density at radius 3 is 2.87 bits per heavy atom. The Morgan fingerprint density at radius 1 is 1.27 bits per heavy atom. The van der Waals surface area contributed by atoms with Crippen LogP contribution in [0.1, 0.15) is 42.0 Å². The lowest BCUT2D eigenvalue weighted by Crippen LogP contribution is -2.24. The molecule has 1 aromatic carbocycles. The number of hydrogen-bond acceptors (Lipinski definition) is 8. The summed E-state index contributed by atoms with van der Waals surface area (Å²) in [4.78, 5) is 8.64. The molecule has 0 aliphatic heterocycles. The number of aliphatic hydroxyl groups excluding tert-OH is 1. The van der Waals surface area contributed by atoms with E-state index in [2.05, 4.69) is 37.7 Å². The Hall–Kier alpha value is -2.27. The molecule has 1 aromatic heterocycles. The van der Waals surface area contributed by atoms with Crippen LogP contribution in [-0.4, -0.2) is 42.3 Å². The maximum atomic E-state index is 11.0. The third kappa shape index (κ3) is 4.72. The SMILES string of the molecule is Cc1c(N[C@H]2CCc3ccccc32)ncnc1OC1C[C@@H](COS(N)(=O)=O)[C@@H](O)C1. The molecule has 4 atom stereocenters. The van der Waals surface area contributed by atoms with E-state index in [1.807, 2.05) is 13.0 Å². The van der Waals surface area contributed by atoms with Crippen LogP contribution in [0, 0.1) is 12.8 Å². The van der Waals surface area contributed by atoms with Gasteiger partial charge in [-0.25, -0.2) is 15.1 Å². The average Bonchev–Trinajstić information content (AvgIpc) is 3.26. The van der Waals surface area contributed by atoms with Gasteiger partial charge in [-0.05, 0) is 37.3 Å². The van der Waals surface area contributed by atoms with Gasteiger partial charge in [-0.15, -0.1) is 0 Å². The van der Waals surface area contributed by atoms with Gasteiger partial charge in [0.2, 0.25) is 5.88 Å². The molecule has 0 spiro atoms. The lowest BCUT2D eigenvalue weighted by Gasteiger charge is -2.19. The molecule has 4 rings (SSSR count). The summed E-state index contributed by atoms with van der Waals surface area (Å²) in [5.41, 5.74) is 3.43. The van der Waals surface area contributed by atoms with Crippen molar-refractivity contribution in [2.24, 2.45) is 11.1 Å². The number of nitrogens with two attached hydrogens (primary N) is 1. The van der Waals surface area contributed by atoms with Gasteiger partial charge in [0.05, 0.1) is 24.3 Å². The first-order chi connectivity index (χ1) is 14.3. The topological polar surface area (TPSA) is 137 Å². The highest BCUT2D eigenvalue weighted by molar-refractivity contribution is 7.84. The van der Waals surface area contributed by atoms with E-state index >= 15 is 0 Å². The number of ether oxygens (including phenoxy) is 1. The molecule has 1 saturated carbocycles. The lowest BCUT2D eigenvalue weighted by atomic mass is 10.1. The molecule has 0 bridgehead atoms. The summed E-state index contributed by atoms with van der Waals surface area (Å²) in [5.74, 6) is 0.793. The van der Waals surface area contributed by atoms with Crippen molar-refractivity contribution in [3.63, 3.8) is 0 Å². The Morgan fingerprint density at radius 2 is 2.07 bits per heavy atom. The largest absolute Gasteiger partial charge is 0.474 e. The molecule has 1 unspecified atom stereocenters. The summed E-state index contributed by atoms with van der Waals surface area (Å²) in [6.07, 6.45) is 3.26. The summed E-state index contributed by atoms with van der Waals surface area (Å²) in [6, 6.07) is 8.58. The summed E-state index contributed by atoms with van der Waals surface area (Å²) in [6.45, 7) is 1.72. The number of aromatic nitrogens is 2. The van der Waals surface area contributed by atoms with E-state index < -0.39 is 16.4 Å². The average molecular weight is 435 g/mol. The molecule has 162 valence electrons. The van der Waals surface area contributed by atoms with Gasteiger partial charge in [0.1, 0.15) is 18.2 Å². The number of anilines is 1. The Kier molecular flexibility index (Phi) is 5.92. The number of benzene rings is 1. The number of aryl methyl sites for hydroxylation is 1. The molecule has 0 amide bonds. The van der Waals surface area contributed by atoms with Crippen molar-refractivity contribution in [3.05, 3.63) is 47.3 Å². The fourth-order valence-electron chi connectivity index (χ4n) is 4.24. The zero-order valence-electron chi connectivity index (χ0n) is 16.7. The van der Waals surface area contributed by atoms with Crippen molar-refractivity contribution in [2.45, 2.75) is 50.9 Å². The lowest BCUT2D eigenvalue weighted by molar-refractivity contribution is 0.0986. The van der Waals surface area contributed by atoms with Crippen molar-refractivity contribution < 1.29 is 22.4 Å². The van der Waals surface area contributed by atoms with Crippen LogP contribution < -0.4 is 15.2 Å². The van der Waals surface area contributed by atoms with Crippen molar-refractivity contribution in [1.82, 2.24) is 9.97 Å². The summed E-state index contributed by atoms with van der Waals surface area (Å²) < 4.78 is 32.6. The van der Waals surface area contributed by atoms with E-state index in [0.717, 1.165) is 18.4 Å². The van der Waals surface area contributed by atoms with E-state index in [1.165, 1.54) is 17.5 Å². The quantitative estimate of drug-likeness (QED) is 0.598. The fraction of sp³-hybridized carbons (Fsp3) is 0.500. The number of nitrogens with zero attached hydrogens (tertiary/aromatic N) is 2. The fourth-order valence-corrected chi connectivity index (χ4v) is 4.60. The van der Waals surface area contributed by atoms with Gasteiger partial charge in [-0.3, -0.25) is 4.18 Å². The first-order valence-electron chi connectivity index (χ1n) is 9.98. The molecule has 2 aliphatic carbocycles. The van der Waals surface area contributed by atoms with Crippen LogP contribution in [0.15, 0.2) is 30.6 Å². The van der Waals surface area contributed by atoms with Gasteiger partial charge in [0.25, 0.3) is 0 Å². The highest BCUT2D eigenvalue weighted by Gasteiger charge is 2.36. The van der Waals surface area contributed by atoms with Crippen LogP contribution in [0.4, 0.5) is 5.82 Å². The molecular formula is C20H26N4O5S. The number of aliphatic hydroxyl groups is 1. The van der Waals surface area contributed by atoms with Crippen LogP contribution in [-0.2, 0) is 20.9 Å². The second-order valence-corrected chi connectivity index (χ2v) is 9.12. The maximum absolute atomic E-state index is 11.0. The zero-order valence-corrected chi connectivity index (χ0v) is 17.5. The highest BCUT2D eigenvalue weighted by Crippen LogP contribution is 2.36. The normalized spacial score (nSPS) is 25.8. The second kappa shape index (κ2) is 8.46. The maximum Gasteiger partial charge on any atom is 0.333 e. The number of hydrogen-bond donors (Lipinski definition) is 3. The minimum absolute atomic E-state index is 0.170. The molecule has 4 N–H and O–H groups in total. The van der Waals surface area contributed by atoms with Crippen LogP contribution in [0.3, 0.4) is 0 Å². The van der Waals surface area contributed by atoms with E-state index in [0.29, 0.717) is 24.5 Å². The molecule has 9 nitrogen and oxygen atoms in total. The molecular weight excluding hydrogens is 408 g/mol. The predicted octanol–water partition coefficient (Wildman–Crippen LogP) is 1.62. The molecule has 0 saturated heterocycles. The Labute approximate surface area is 175 Å². The van der Waals surface area contributed by atoms with Gasteiger partial charge >= 0.3 is 10.3 Å². The highest BCUT2D eigenvalue weighted by atomic mass is 32.2. The Bertz CT molecular complexity index is 1020. The standard InChI is InChI=1S/C20H26N4O5S/c1-12-19(24-17-7-6-13-4-2-3-5-16(13)17)22-11-23-20(12)29-15-8-14(18(25)9-15)10-28-30(21,26)27/h2-5,11,14-15,17-18,25H,6-10H2,1H3,(H2,21,26,27)(H,22,23,24)/t14-,15?,17-,18-/m0/s1. The van der Waals surface area contributed by atoms with Crippen LogP contribution in [0.2, 0.25) is 0 Å². The first-order valence-corrected chi connectivity index (χ1v) is 11.4. The van der Waals surface area contributed by atoms with E-state index in [1.54, 1.807) is 0 Å². The first kappa shape index (κ1) is 21.0.